The van der Waals surface area contributed by atoms with E-state index in [-0.39, 0.29) is 0 Å². The van der Waals surface area contributed by atoms with E-state index in [9.17, 15) is 0 Å². The van der Waals surface area contributed by atoms with Crippen LogP contribution in [0.4, 0.5) is 0 Å². The van der Waals surface area contributed by atoms with E-state index in [1.54, 1.807) is 11.8 Å². The topological polar surface area (TPSA) is 41.6 Å². The van der Waals surface area contributed by atoms with Crippen molar-refractivity contribution in [3.05, 3.63) is 78.5 Å². The van der Waals surface area contributed by atoms with E-state index in [2.05, 4.69) is 39.2 Å². The number of aromatic nitrogens is 3. The summed E-state index contributed by atoms with van der Waals surface area (Å²) in [5.74, 6) is 0.854. The molecule has 0 bridgehead atoms. The standard InChI is InChI=1S/C19H15N3S/c1-2-8-15(16-9-5-6-12-20-16)14(7-1)13-23-19-21-17-10-3-4-11-18(17)22-19/h1-12H,13H2,(H,21,22). The first kappa shape index (κ1) is 14.0. The quantitative estimate of drug-likeness (QED) is 0.543. The van der Waals surface area contributed by atoms with Crippen molar-refractivity contribution in [3.63, 3.8) is 0 Å². The van der Waals surface area contributed by atoms with Crippen LogP contribution < -0.4 is 0 Å². The Kier molecular flexibility index (Phi) is 3.82. The fourth-order valence-corrected chi connectivity index (χ4v) is 3.45. The molecule has 0 aliphatic heterocycles. The Bertz CT molecular complexity index is 898. The summed E-state index contributed by atoms with van der Waals surface area (Å²) in [5.41, 5.74) is 5.53. The van der Waals surface area contributed by atoms with E-state index in [1.807, 2.05) is 48.7 Å². The Labute approximate surface area is 138 Å². The molecule has 0 amide bonds. The zero-order chi connectivity index (χ0) is 15.5. The highest BCUT2D eigenvalue weighted by atomic mass is 32.2. The minimum Gasteiger partial charge on any atom is -0.333 e. The number of nitrogens with one attached hydrogen (secondary N) is 1. The highest BCUT2D eigenvalue weighted by Gasteiger charge is 2.08. The number of nitrogens with zero attached hydrogens (tertiary/aromatic N) is 2. The lowest BCUT2D eigenvalue weighted by Crippen LogP contribution is -1.90. The number of benzene rings is 2. The van der Waals surface area contributed by atoms with Crippen LogP contribution in [0.2, 0.25) is 0 Å². The largest absolute Gasteiger partial charge is 0.333 e. The first-order chi connectivity index (χ1) is 11.4. The molecule has 2 heterocycles. The van der Waals surface area contributed by atoms with Gasteiger partial charge in [-0.2, -0.15) is 0 Å². The molecule has 0 aliphatic rings. The van der Waals surface area contributed by atoms with Gasteiger partial charge in [0.1, 0.15) is 0 Å². The molecule has 4 heteroatoms. The lowest BCUT2D eigenvalue weighted by molar-refractivity contribution is 1.08. The smallest absolute Gasteiger partial charge is 0.166 e. The SMILES string of the molecule is c1ccc(-c2ccccc2CSc2nc3ccccc3[nH]2)nc1. The molecule has 2 aromatic heterocycles. The number of imidazole rings is 1. The Morgan fingerprint density at radius 2 is 1.70 bits per heavy atom. The van der Waals surface area contributed by atoms with Crippen LogP contribution in [0.5, 0.6) is 0 Å². The maximum absolute atomic E-state index is 4.62. The first-order valence-corrected chi connectivity index (χ1v) is 8.45. The van der Waals surface area contributed by atoms with Crippen molar-refractivity contribution < 1.29 is 0 Å². The number of fused-ring (bicyclic) bond motifs is 1. The van der Waals surface area contributed by atoms with Crippen LogP contribution in [0.25, 0.3) is 22.3 Å². The highest BCUT2D eigenvalue weighted by molar-refractivity contribution is 7.98. The maximum Gasteiger partial charge on any atom is 0.166 e. The van der Waals surface area contributed by atoms with Crippen molar-refractivity contribution >= 4 is 22.8 Å². The molecule has 112 valence electrons. The molecule has 0 saturated heterocycles. The van der Waals surface area contributed by atoms with Crippen molar-refractivity contribution in [2.45, 2.75) is 10.9 Å². The molecule has 0 fully saturated rings. The number of aromatic amines is 1. The highest BCUT2D eigenvalue weighted by Crippen LogP contribution is 2.28. The normalized spacial score (nSPS) is 11.0. The minimum absolute atomic E-state index is 0.854. The fourth-order valence-electron chi connectivity index (χ4n) is 2.56. The molecular weight excluding hydrogens is 302 g/mol. The average Bonchev–Trinajstić information content (AvgIpc) is 3.04. The summed E-state index contributed by atoms with van der Waals surface area (Å²) in [6.45, 7) is 0. The fraction of sp³-hybridized carbons (Fsp3) is 0.0526. The number of pyridine rings is 1. The molecular formula is C19H15N3S. The molecule has 2 aromatic carbocycles. The van der Waals surface area contributed by atoms with E-state index >= 15 is 0 Å². The van der Waals surface area contributed by atoms with Crippen molar-refractivity contribution in [2.75, 3.05) is 0 Å². The van der Waals surface area contributed by atoms with Gasteiger partial charge in [-0.3, -0.25) is 4.98 Å². The Balaban J connectivity index is 1.60. The first-order valence-electron chi connectivity index (χ1n) is 7.47. The molecule has 23 heavy (non-hydrogen) atoms. The van der Waals surface area contributed by atoms with E-state index in [1.165, 1.54) is 11.1 Å². The third-order valence-corrected chi connectivity index (χ3v) is 4.61. The van der Waals surface area contributed by atoms with Crippen molar-refractivity contribution in [1.82, 2.24) is 15.0 Å². The van der Waals surface area contributed by atoms with E-state index in [4.69, 9.17) is 0 Å². The summed E-state index contributed by atoms with van der Waals surface area (Å²) in [6, 6.07) is 22.5. The van der Waals surface area contributed by atoms with Crippen molar-refractivity contribution in [2.24, 2.45) is 0 Å². The van der Waals surface area contributed by atoms with Gasteiger partial charge in [0.15, 0.2) is 5.16 Å². The second-order valence-corrected chi connectivity index (χ2v) is 6.18. The van der Waals surface area contributed by atoms with Crippen LogP contribution in [0.1, 0.15) is 5.56 Å². The summed E-state index contributed by atoms with van der Waals surface area (Å²) in [7, 11) is 0. The lowest BCUT2D eigenvalue weighted by Gasteiger charge is -2.07. The number of para-hydroxylation sites is 2. The number of hydrogen-bond acceptors (Lipinski definition) is 3. The molecule has 1 N–H and O–H groups in total. The number of H-pyrrole nitrogens is 1. The van der Waals surface area contributed by atoms with Gasteiger partial charge >= 0.3 is 0 Å². The summed E-state index contributed by atoms with van der Waals surface area (Å²) in [5, 5.41) is 0.946. The summed E-state index contributed by atoms with van der Waals surface area (Å²) >= 11 is 1.71. The number of rotatable bonds is 4. The van der Waals surface area contributed by atoms with Gasteiger partial charge in [0.05, 0.1) is 16.7 Å². The summed E-state index contributed by atoms with van der Waals surface area (Å²) in [4.78, 5) is 12.4. The maximum atomic E-state index is 4.62. The summed E-state index contributed by atoms with van der Waals surface area (Å²) < 4.78 is 0. The lowest BCUT2D eigenvalue weighted by atomic mass is 10.1. The average molecular weight is 317 g/mol. The van der Waals surface area contributed by atoms with Crippen LogP contribution in [0, 0.1) is 0 Å². The van der Waals surface area contributed by atoms with E-state index in [0.717, 1.165) is 27.6 Å². The minimum atomic E-state index is 0.854. The molecule has 0 spiro atoms. The molecule has 0 atom stereocenters. The van der Waals surface area contributed by atoms with Gasteiger partial charge in [-0.15, -0.1) is 0 Å². The molecule has 0 saturated carbocycles. The van der Waals surface area contributed by atoms with Crippen LogP contribution in [0.3, 0.4) is 0 Å². The second-order valence-electron chi connectivity index (χ2n) is 5.22. The van der Waals surface area contributed by atoms with Gasteiger partial charge in [0.2, 0.25) is 0 Å². The number of thioether (sulfide) groups is 1. The van der Waals surface area contributed by atoms with Gasteiger partial charge < -0.3 is 4.98 Å². The van der Waals surface area contributed by atoms with Crippen LogP contribution in [-0.4, -0.2) is 15.0 Å². The van der Waals surface area contributed by atoms with Gasteiger partial charge in [-0.05, 0) is 29.8 Å². The molecule has 3 nitrogen and oxygen atoms in total. The third-order valence-electron chi connectivity index (χ3n) is 3.69. The zero-order valence-electron chi connectivity index (χ0n) is 12.4. The predicted molar refractivity (Wildman–Crippen MR) is 95.3 cm³/mol. The van der Waals surface area contributed by atoms with Gasteiger partial charge in [0, 0.05) is 17.5 Å². The Hall–Kier alpha value is -2.59. The van der Waals surface area contributed by atoms with Crippen molar-refractivity contribution in [3.8, 4) is 11.3 Å². The Morgan fingerprint density at radius 1 is 0.870 bits per heavy atom. The van der Waals surface area contributed by atoms with Gasteiger partial charge in [-0.25, -0.2) is 4.98 Å². The predicted octanol–water partition coefficient (Wildman–Crippen LogP) is 4.92. The van der Waals surface area contributed by atoms with Crippen LogP contribution in [0.15, 0.2) is 78.1 Å². The molecule has 0 radical (unpaired) electrons. The Morgan fingerprint density at radius 3 is 2.57 bits per heavy atom. The van der Waals surface area contributed by atoms with Crippen LogP contribution >= 0.6 is 11.8 Å². The molecule has 4 aromatic rings. The van der Waals surface area contributed by atoms with Gasteiger partial charge in [-0.1, -0.05) is 54.2 Å². The van der Waals surface area contributed by atoms with E-state index in [0.29, 0.717) is 0 Å². The molecule has 4 rings (SSSR count). The van der Waals surface area contributed by atoms with Gasteiger partial charge in [0.25, 0.3) is 0 Å². The summed E-state index contributed by atoms with van der Waals surface area (Å²) in [6.07, 6.45) is 1.83. The number of hydrogen-bond donors (Lipinski definition) is 1. The van der Waals surface area contributed by atoms with Crippen LogP contribution in [-0.2, 0) is 5.75 Å². The molecule has 0 aliphatic carbocycles. The third kappa shape index (κ3) is 2.98. The van der Waals surface area contributed by atoms with Crippen molar-refractivity contribution in [1.29, 1.82) is 0 Å². The molecule has 0 unspecified atom stereocenters. The second kappa shape index (κ2) is 6.26. The monoisotopic (exact) mass is 317 g/mol. The zero-order valence-corrected chi connectivity index (χ0v) is 13.3. The van der Waals surface area contributed by atoms with E-state index < -0.39 is 0 Å².